The highest BCUT2D eigenvalue weighted by atomic mass is 16.5. The highest BCUT2D eigenvalue weighted by molar-refractivity contribution is 5.44. The molecular weight excluding hydrogens is 328 g/mol. The van der Waals surface area contributed by atoms with Gasteiger partial charge < -0.3 is 14.5 Å². The fourth-order valence-electron chi connectivity index (χ4n) is 3.64. The SMILES string of the molecule is COc1cc(CN2CCN(c3ccnc(N4CCCC4)n3)CC2)ccn1. The van der Waals surface area contributed by atoms with E-state index in [-0.39, 0.29) is 0 Å². The topological polar surface area (TPSA) is 57.6 Å². The van der Waals surface area contributed by atoms with Crippen LogP contribution < -0.4 is 14.5 Å². The summed E-state index contributed by atoms with van der Waals surface area (Å²) in [5.74, 6) is 2.61. The van der Waals surface area contributed by atoms with Gasteiger partial charge in [0.25, 0.3) is 0 Å². The number of hydrogen-bond acceptors (Lipinski definition) is 7. The van der Waals surface area contributed by atoms with Crippen LogP contribution in [0.5, 0.6) is 5.88 Å². The Kier molecular flexibility index (Phi) is 5.15. The first-order valence-electron chi connectivity index (χ1n) is 9.36. The molecule has 2 aliphatic heterocycles. The van der Waals surface area contributed by atoms with Crippen molar-refractivity contribution in [2.45, 2.75) is 19.4 Å². The van der Waals surface area contributed by atoms with Gasteiger partial charge in [-0.05, 0) is 30.5 Å². The number of nitrogens with zero attached hydrogens (tertiary/aromatic N) is 6. The number of aromatic nitrogens is 3. The standard InChI is InChI=1S/C19H26N6O/c1-26-18-14-16(4-6-20-18)15-23-10-12-24(13-11-23)17-5-7-21-19(22-17)25-8-2-3-9-25/h4-7,14H,2-3,8-13,15H2,1H3. The van der Waals surface area contributed by atoms with Crippen molar-refractivity contribution in [1.29, 1.82) is 0 Å². The second-order valence-electron chi connectivity index (χ2n) is 6.88. The molecule has 7 nitrogen and oxygen atoms in total. The van der Waals surface area contributed by atoms with Crippen LogP contribution in [0.3, 0.4) is 0 Å². The first-order valence-corrected chi connectivity index (χ1v) is 9.36. The van der Waals surface area contributed by atoms with E-state index in [4.69, 9.17) is 9.72 Å². The Hall–Kier alpha value is -2.41. The summed E-state index contributed by atoms with van der Waals surface area (Å²) in [5.41, 5.74) is 1.24. The maximum atomic E-state index is 5.22. The summed E-state index contributed by atoms with van der Waals surface area (Å²) < 4.78 is 5.22. The highest BCUT2D eigenvalue weighted by Gasteiger charge is 2.20. The Balaban J connectivity index is 1.35. The predicted molar refractivity (Wildman–Crippen MR) is 102 cm³/mol. The zero-order valence-electron chi connectivity index (χ0n) is 15.3. The van der Waals surface area contributed by atoms with Gasteiger partial charge >= 0.3 is 0 Å². The summed E-state index contributed by atoms with van der Waals surface area (Å²) in [7, 11) is 1.66. The van der Waals surface area contributed by atoms with Crippen molar-refractivity contribution in [2.75, 3.05) is 56.2 Å². The average Bonchev–Trinajstić information content (AvgIpc) is 3.24. The van der Waals surface area contributed by atoms with E-state index < -0.39 is 0 Å². The van der Waals surface area contributed by atoms with Crippen LogP contribution in [-0.2, 0) is 6.54 Å². The molecule has 0 N–H and O–H groups in total. The van der Waals surface area contributed by atoms with Gasteiger partial charge in [-0.25, -0.2) is 9.97 Å². The number of piperazine rings is 1. The molecule has 2 aliphatic rings. The van der Waals surface area contributed by atoms with Crippen molar-refractivity contribution in [2.24, 2.45) is 0 Å². The molecule has 138 valence electrons. The molecule has 0 amide bonds. The van der Waals surface area contributed by atoms with Crippen molar-refractivity contribution < 1.29 is 4.74 Å². The van der Waals surface area contributed by atoms with E-state index in [9.17, 15) is 0 Å². The molecule has 4 rings (SSSR count). The third kappa shape index (κ3) is 3.88. The van der Waals surface area contributed by atoms with Crippen LogP contribution in [0.1, 0.15) is 18.4 Å². The van der Waals surface area contributed by atoms with Gasteiger partial charge in [-0.15, -0.1) is 0 Å². The van der Waals surface area contributed by atoms with Crippen LogP contribution in [0.25, 0.3) is 0 Å². The second kappa shape index (κ2) is 7.86. The van der Waals surface area contributed by atoms with Crippen LogP contribution in [-0.4, -0.2) is 66.2 Å². The molecule has 2 fully saturated rings. The van der Waals surface area contributed by atoms with Gasteiger partial charge in [0.05, 0.1) is 7.11 Å². The summed E-state index contributed by atoms with van der Waals surface area (Å²) >= 11 is 0. The molecule has 26 heavy (non-hydrogen) atoms. The normalized spacial score (nSPS) is 18.3. The van der Waals surface area contributed by atoms with Gasteiger partial charge in [0.1, 0.15) is 5.82 Å². The van der Waals surface area contributed by atoms with Crippen molar-refractivity contribution in [3.63, 3.8) is 0 Å². The lowest BCUT2D eigenvalue weighted by molar-refractivity contribution is 0.249. The van der Waals surface area contributed by atoms with E-state index in [1.807, 2.05) is 24.5 Å². The zero-order valence-corrected chi connectivity index (χ0v) is 15.3. The molecule has 0 aliphatic carbocycles. The van der Waals surface area contributed by atoms with Gasteiger partial charge in [0, 0.05) is 64.3 Å². The van der Waals surface area contributed by atoms with Crippen LogP contribution in [0, 0.1) is 0 Å². The lowest BCUT2D eigenvalue weighted by atomic mass is 10.2. The van der Waals surface area contributed by atoms with E-state index in [0.717, 1.165) is 57.6 Å². The van der Waals surface area contributed by atoms with Crippen LogP contribution >= 0.6 is 0 Å². The fourth-order valence-corrected chi connectivity index (χ4v) is 3.64. The number of methoxy groups -OCH3 is 1. The van der Waals surface area contributed by atoms with Gasteiger partial charge in [-0.1, -0.05) is 0 Å². The first kappa shape index (κ1) is 17.0. The Morgan fingerprint density at radius 3 is 2.46 bits per heavy atom. The van der Waals surface area contributed by atoms with Gasteiger partial charge in [-0.2, -0.15) is 4.98 Å². The Labute approximate surface area is 154 Å². The summed E-state index contributed by atoms with van der Waals surface area (Å²) in [6.07, 6.45) is 6.19. The van der Waals surface area contributed by atoms with Crippen LogP contribution in [0.4, 0.5) is 11.8 Å². The molecule has 4 heterocycles. The molecule has 0 saturated carbocycles. The minimum absolute atomic E-state index is 0.677. The maximum absolute atomic E-state index is 5.22. The predicted octanol–water partition coefficient (Wildman–Crippen LogP) is 1.80. The summed E-state index contributed by atoms with van der Waals surface area (Å²) in [4.78, 5) is 20.6. The molecule has 7 heteroatoms. The van der Waals surface area contributed by atoms with E-state index in [1.54, 1.807) is 7.11 Å². The minimum atomic E-state index is 0.677. The summed E-state index contributed by atoms with van der Waals surface area (Å²) in [6, 6.07) is 6.10. The Bertz CT molecular complexity index is 725. The monoisotopic (exact) mass is 354 g/mol. The quantitative estimate of drug-likeness (QED) is 0.811. The molecule has 0 atom stereocenters. The van der Waals surface area contributed by atoms with E-state index in [0.29, 0.717) is 5.88 Å². The number of rotatable bonds is 5. The summed E-state index contributed by atoms with van der Waals surface area (Å²) in [5, 5.41) is 0. The molecule has 0 radical (unpaired) electrons. The smallest absolute Gasteiger partial charge is 0.227 e. The summed E-state index contributed by atoms with van der Waals surface area (Å²) in [6.45, 7) is 7.09. The fraction of sp³-hybridized carbons (Fsp3) is 0.526. The molecule has 2 aromatic heterocycles. The lowest BCUT2D eigenvalue weighted by Crippen LogP contribution is -2.46. The largest absolute Gasteiger partial charge is 0.481 e. The lowest BCUT2D eigenvalue weighted by Gasteiger charge is -2.35. The van der Waals surface area contributed by atoms with Crippen molar-refractivity contribution >= 4 is 11.8 Å². The molecule has 2 saturated heterocycles. The third-order valence-corrected chi connectivity index (χ3v) is 5.13. The third-order valence-electron chi connectivity index (χ3n) is 5.13. The maximum Gasteiger partial charge on any atom is 0.227 e. The number of ether oxygens (including phenoxy) is 1. The second-order valence-corrected chi connectivity index (χ2v) is 6.88. The van der Waals surface area contributed by atoms with E-state index in [2.05, 4.69) is 30.7 Å². The number of anilines is 2. The van der Waals surface area contributed by atoms with Crippen LogP contribution in [0.2, 0.25) is 0 Å². The van der Waals surface area contributed by atoms with Gasteiger partial charge in [0.2, 0.25) is 11.8 Å². The molecule has 0 bridgehead atoms. The van der Waals surface area contributed by atoms with Crippen molar-refractivity contribution in [1.82, 2.24) is 19.9 Å². The number of hydrogen-bond donors (Lipinski definition) is 0. The molecule has 0 unspecified atom stereocenters. The Morgan fingerprint density at radius 2 is 1.69 bits per heavy atom. The minimum Gasteiger partial charge on any atom is -0.481 e. The number of pyridine rings is 1. The van der Waals surface area contributed by atoms with Gasteiger partial charge in [-0.3, -0.25) is 4.90 Å². The highest BCUT2D eigenvalue weighted by Crippen LogP contribution is 2.20. The molecule has 0 spiro atoms. The van der Waals surface area contributed by atoms with E-state index in [1.165, 1.54) is 18.4 Å². The molecule has 2 aromatic rings. The zero-order chi connectivity index (χ0) is 17.8. The van der Waals surface area contributed by atoms with E-state index >= 15 is 0 Å². The molecule has 0 aromatic carbocycles. The van der Waals surface area contributed by atoms with Crippen LogP contribution in [0.15, 0.2) is 30.6 Å². The average molecular weight is 354 g/mol. The Morgan fingerprint density at radius 1 is 0.923 bits per heavy atom. The van der Waals surface area contributed by atoms with Crippen molar-refractivity contribution in [3.05, 3.63) is 36.2 Å². The van der Waals surface area contributed by atoms with Crippen molar-refractivity contribution in [3.8, 4) is 5.88 Å². The van der Waals surface area contributed by atoms with Gasteiger partial charge in [0.15, 0.2) is 0 Å². The molecular formula is C19H26N6O. The first-order chi connectivity index (χ1) is 12.8.